The van der Waals surface area contributed by atoms with Crippen molar-refractivity contribution >= 4 is 0 Å². The second-order valence-electron chi connectivity index (χ2n) is 6.43. The van der Waals surface area contributed by atoms with Gasteiger partial charge in [-0.1, -0.05) is 64.3 Å². The van der Waals surface area contributed by atoms with Crippen LogP contribution < -0.4 is 5.32 Å². The number of methoxy groups -OCH3 is 1. The highest BCUT2D eigenvalue weighted by molar-refractivity contribution is 5.26. The van der Waals surface area contributed by atoms with Crippen LogP contribution in [0.5, 0.6) is 0 Å². The van der Waals surface area contributed by atoms with E-state index in [2.05, 4.69) is 50.4 Å². The molecule has 114 valence electrons. The molecule has 0 unspecified atom stereocenters. The van der Waals surface area contributed by atoms with Crippen LogP contribution in [0.3, 0.4) is 0 Å². The van der Waals surface area contributed by atoms with E-state index in [1.807, 2.05) is 0 Å². The Morgan fingerprint density at radius 2 is 1.80 bits per heavy atom. The molecule has 0 aromatic heterocycles. The molecule has 0 atom stereocenters. The Balaban J connectivity index is 2.39. The van der Waals surface area contributed by atoms with Crippen molar-refractivity contribution in [3.8, 4) is 0 Å². The average molecular weight is 277 g/mol. The summed E-state index contributed by atoms with van der Waals surface area (Å²) in [6.45, 7) is 9.66. The summed E-state index contributed by atoms with van der Waals surface area (Å²) in [6.07, 6.45) is 5.28. The Bertz CT molecular complexity index is 373. The summed E-state index contributed by atoms with van der Waals surface area (Å²) in [5.41, 5.74) is 3.01. The lowest BCUT2D eigenvalue weighted by atomic mass is 9.87. The molecule has 0 saturated heterocycles. The predicted octanol–water partition coefficient (Wildman–Crippen LogP) is 4.53. The van der Waals surface area contributed by atoms with Gasteiger partial charge >= 0.3 is 0 Å². The van der Waals surface area contributed by atoms with Gasteiger partial charge in [0.05, 0.1) is 6.61 Å². The number of benzene rings is 1. The molecule has 0 saturated carbocycles. The van der Waals surface area contributed by atoms with Gasteiger partial charge in [-0.3, -0.25) is 0 Å². The van der Waals surface area contributed by atoms with Crippen LogP contribution in [0.1, 0.15) is 57.6 Å². The molecule has 20 heavy (non-hydrogen) atoms. The summed E-state index contributed by atoms with van der Waals surface area (Å²) < 4.78 is 5.25. The van der Waals surface area contributed by atoms with Crippen LogP contribution in [0.4, 0.5) is 0 Å². The molecule has 0 spiro atoms. The zero-order valence-corrected chi connectivity index (χ0v) is 13.7. The molecule has 1 aromatic carbocycles. The molecule has 0 radical (unpaired) electrons. The molecule has 0 aliphatic rings. The smallest absolute Gasteiger partial charge is 0.0716 e. The first kappa shape index (κ1) is 17.2. The molecule has 0 aliphatic heterocycles. The number of ether oxygens (including phenoxy) is 1. The Morgan fingerprint density at radius 1 is 1.10 bits per heavy atom. The van der Waals surface area contributed by atoms with Crippen molar-refractivity contribution in [3.63, 3.8) is 0 Å². The summed E-state index contributed by atoms with van der Waals surface area (Å²) >= 11 is 0. The summed E-state index contributed by atoms with van der Waals surface area (Å²) in [6, 6.07) is 8.51. The van der Waals surface area contributed by atoms with E-state index in [1.54, 1.807) is 7.11 Å². The van der Waals surface area contributed by atoms with E-state index in [-0.39, 0.29) is 0 Å². The Morgan fingerprint density at radius 3 is 2.45 bits per heavy atom. The van der Waals surface area contributed by atoms with Crippen LogP contribution in [0.2, 0.25) is 0 Å². The normalized spacial score (nSPS) is 11.8. The van der Waals surface area contributed by atoms with Gasteiger partial charge in [-0.2, -0.15) is 0 Å². The molecular formula is C18H31NO. The topological polar surface area (TPSA) is 21.3 Å². The summed E-state index contributed by atoms with van der Waals surface area (Å²) in [5, 5.41) is 3.61. The molecule has 2 heteroatoms. The Kier molecular flexibility index (Phi) is 7.86. The number of unbranched alkanes of at least 4 members (excludes halogenated alkanes) is 2. The van der Waals surface area contributed by atoms with Gasteiger partial charge in [0.25, 0.3) is 0 Å². The zero-order chi connectivity index (χ0) is 14.8. The maximum Gasteiger partial charge on any atom is 0.0716 e. The summed E-state index contributed by atoms with van der Waals surface area (Å²) in [5.74, 6) is 0. The van der Waals surface area contributed by atoms with Crippen LogP contribution in [-0.2, 0) is 17.9 Å². The zero-order valence-electron chi connectivity index (χ0n) is 13.7. The standard InChI is InChI=1S/C18H31NO/c1-5-6-9-12-18(2,3)15-19-13-16-10-7-8-11-17(16)14-20-4/h7-8,10-11,19H,5-6,9,12-15H2,1-4H3. The van der Waals surface area contributed by atoms with E-state index in [0.717, 1.165) is 13.1 Å². The van der Waals surface area contributed by atoms with Crippen molar-refractivity contribution in [2.75, 3.05) is 13.7 Å². The van der Waals surface area contributed by atoms with Crippen molar-refractivity contribution in [1.82, 2.24) is 5.32 Å². The van der Waals surface area contributed by atoms with Gasteiger partial charge in [0.2, 0.25) is 0 Å². The van der Waals surface area contributed by atoms with Crippen LogP contribution in [0.25, 0.3) is 0 Å². The lowest BCUT2D eigenvalue weighted by Crippen LogP contribution is -2.29. The molecule has 0 fully saturated rings. The van der Waals surface area contributed by atoms with E-state index in [0.29, 0.717) is 12.0 Å². The molecule has 0 aliphatic carbocycles. The second kappa shape index (κ2) is 9.15. The van der Waals surface area contributed by atoms with Crippen molar-refractivity contribution in [2.45, 2.75) is 59.6 Å². The monoisotopic (exact) mass is 277 g/mol. The van der Waals surface area contributed by atoms with Gasteiger partial charge in [-0.05, 0) is 23.0 Å². The van der Waals surface area contributed by atoms with Gasteiger partial charge < -0.3 is 10.1 Å². The lowest BCUT2D eigenvalue weighted by Gasteiger charge is -2.25. The first-order valence-electron chi connectivity index (χ1n) is 7.85. The SMILES string of the molecule is CCCCCC(C)(C)CNCc1ccccc1COC. The van der Waals surface area contributed by atoms with E-state index in [9.17, 15) is 0 Å². The molecule has 1 rings (SSSR count). The van der Waals surface area contributed by atoms with E-state index in [4.69, 9.17) is 4.74 Å². The van der Waals surface area contributed by atoms with E-state index < -0.39 is 0 Å². The minimum Gasteiger partial charge on any atom is -0.380 e. The van der Waals surface area contributed by atoms with Crippen molar-refractivity contribution in [2.24, 2.45) is 5.41 Å². The fourth-order valence-electron chi connectivity index (χ4n) is 2.50. The molecule has 1 aromatic rings. The number of hydrogen-bond acceptors (Lipinski definition) is 2. The van der Waals surface area contributed by atoms with Crippen molar-refractivity contribution in [1.29, 1.82) is 0 Å². The van der Waals surface area contributed by atoms with E-state index in [1.165, 1.54) is 36.8 Å². The number of rotatable bonds is 10. The quantitative estimate of drug-likeness (QED) is 0.634. The third kappa shape index (κ3) is 6.53. The molecule has 0 bridgehead atoms. The highest BCUT2D eigenvalue weighted by atomic mass is 16.5. The molecule has 0 heterocycles. The molecule has 0 amide bonds. The first-order chi connectivity index (χ1) is 9.59. The van der Waals surface area contributed by atoms with Gasteiger partial charge in [0, 0.05) is 20.2 Å². The molecule has 2 nitrogen and oxygen atoms in total. The first-order valence-corrected chi connectivity index (χ1v) is 7.85. The fraction of sp³-hybridized carbons (Fsp3) is 0.667. The third-order valence-corrected chi connectivity index (χ3v) is 3.79. The van der Waals surface area contributed by atoms with Gasteiger partial charge in [-0.25, -0.2) is 0 Å². The minimum atomic E-state index is 0.380. The minimum absolute atomic E-state index is 0.380. The summed E-state index contributed by atoms with van der Waals surface area (Å²) in [4.78, 5) is 0. The van der Waals surface area contributed by atoms with E-state index >= 15 is 0 Å². The molecular weight excluding hydrogens is 246 g/mol. The van der Waals surface area contributed by atoms with Gasteiger partial charge in [-0.15, -0.1) is 0 Å². The second-order valence-corrected chi connectivity index (χ2v) is 6.43. The average Bonchev–Trinajstić information content (AvgIpc) is 2.41. The maximum absolute atomic E-state index is 5.25. The van der Waals surface area contributed by atoms with Crippen molar-refractivity contribution < 1.29 is 4.74 Å². The maximum atomic E-state index is 5.25. The van der Waals surface area contributed by atoms with Gasteiger partial charge in [0.15, 0.2) is 0 Å². The van der Waals surface area contributed by atoms with Crippen LogP contribution in [0, 0.1) is 5.41 Å². The fourth-order valence-corrected chi connectivity index (χ4v) is 2.50. The van der Waals surface area contributed by atoms with Crippen LogP contribution in [0.15, 0.2) is 24.3 Å². The van der Waals surface area contributed by atoms with Crippen LogP contribution >= 0.6 is 0 Å². The van der Waals surface area contributed by atoms with Crippen molar-refractivity contribution in [3.05, 3.63) is 35.4 Å². The highest BCUT2D eigenvalue weighted by Gasteiger charge is 2.16. The number of nitrogens with one attached hydrogen (secondary N) is 1. The third-order valence-electron chi connectivity index (χ3n) is 3.79. The number of hydrogen-bond donors (Lipinski definition) is 1. The Hall–Kier alpha value is -0.860. The predicted molar refractivity (Wildman–Crippen MR) is 86.8 cm³/mol. The van der Waals surface area contributed by atoms with Gasteiger partial charge in [0.1, 0.15) is 0 Å². The lowest BCUT2D eigenvalue weighted by molar-refractivity contribution is 0.184. The Labute approximate surface area is 124 Å². The molecule has 1 N–H and O–H groups in total. The summed E-state index contributed by atoms with van der Waals surface area (Å²) in [7, 11) is 1.75. The largest absolute Gasteiger partial charge is 0.380 e. The van der Waals surface area contributed by atoms with Crippen LogP contribution in [-0.4, -0.2) is 13.7 Å². The highest BCUT2D eigenvalue weighted by Crippen LogP contribution is 2.23.